The van der Waals surface area contributed by atoms with Crippen LogP contribution in [0.25, 0.3) is 11.1 Å². The number of likely N-dealkylation sites (tertiary alicyclic amines) is 1. The molecule has 1 amide bonds. The molecule has 1 saturated heterocycles. The van der Waals surface area contributed by atoms with E-state index in [2.05, 4.69) is 81.9 Å². The average molecular weight is 422 g/mol. The SMILES string of the molecule is CC(C)N(C(=O)c1ccccc1-c1ccc(CN2CCC(CN(C)C)C2)cc1)C(C)C. The van der Waals surface area contributed by atoms with Crippen LogP contribution in [0.5, 0.6) is 0 Å². The summed E-state index contributed by atoms with van der Waals surface area (Å²) in [5.41, 5.74) is 4.23. The Morgan fingerprint density at radius 1 is 1.00 bits per heavy atom. The number of rotatable bonds is 8. The van der Waals surface area contributed by atoms with Crippen LogP contribution in [0.3, 0.4) is 0 Å². The number of hydrogen-bond acceptors (Lipinski definition) is 3. The predicted molar refractivity (Wildman–Crippen MR) is 130 cm³/mol. The minimum atomic E-state index is 0.105. The van der Waals surface area contributed by atoms with Gasteiger partial charge in [-0.1, -0.05) is 42.5 Å². The summed E-state index contributed by atoms with van der Waals surface area (Å²) < 4.78 is 0. The zero-order valence-electron chi connectivity index (χ0n) is 20.1. The van der Waals surface area contributed by atoms with E-state index in [-0.39, 0.29) is 18.0 Å². The van der Waals surface area contributed by atoms with Crippen LogP contribution in [0.15, 0.2) is 48.5 Å². The molecule has 0 N–H and O–H groups in total. The van der Waals surface area contributed by atoms with Crippen molar-refractivity contribution in [3.8, 4) is 11.1 Å². The normalized spacial score (nSPS) is 17.1. The molecule has 4 nitrogen and oxygen atoms in total. The summed E-state index contributed by atoms with van der Waals surface area (Å²) in [6.45, 7) is 12.8. The fourth-order valence-electron chi connectivity index (χ4n) is 4.90. The summed E-state index contributed by atoms with van der Waals surface area (Å²) in [5, 5.41) is 0. The molecule has 2 aromatic carbocycles. The largest absolute Gasteiger partial charge is 0.334 e. The molecule has 0 spiro atoms. The first-order valence-corrected chi connectivity index (χ1v) is 11.6. The van der Waals surface area contributed by atoms with Gasteiger partial charge in [0.2, 0.25) is 0 Å². The van der Waals surface area contributed by atoms with E-state index in [1.165, 1.54) is 31.6 Å². The van der Waals surface area contributed by atoms with Crippen LogP contribution in [0.2, 0.25) is 0 Å². The van der Waals surface area contributed by atoms with Gasteiger partial charge in [0.1, 0.15) is 0 Å². The third kappa shape index (κ3) is 5.96. The second-order valence-electron chi connectivity index (χ2n) is 9.79. The average Bonchev–Trinajstić information content (AvgIpc) is 3.14. The molecule has 168 valence electrons. The monoisotopic (exact) mass is 421 g/mol. The van der Waals surface area contributed by atoms with Crippen LogP contribution in [-0.2, 0) is 6.54 Å². The minimum Gasteiger partial charge on any atom is -0.334 e. The molecule has 1 aliphatic rings. The highest BCUT2D eigenvalue weighted by Gasteiger charge is 2.25. The standard InChI is InChI=1S/C27H39N3O/c1-20(2)30(21(3)4)27(31)26-10-8-7-9-25(26)24-13-11-22(12-14-24)18-29-16-15-23(19-29)17-28(5)6/h7-14,20-21,23H,15-19H2,1-6H3. The molecule has 4 heteroatoms. The van der Waals surface area contributed by atoms with Crippen LogP contribution >= 0.6 is 0 Å². The van der Waals surface area contributed by atoms with Crippen molar-refractivity contribution in [2.75, 3.05) is 33.7 Å². The van der Waals surface area contributed by atoms with Gasteiger partial charge in [-0.3, -0.25) is 9.69 Å². The Hall–Kier alpha value is -2.17. The maximum absolute atomic E-state index is 13.3. The zero-order valence-corrected chi connectivity index (χ0v) is 20.1. The molecule has 1 fully saturated rings. The van der Waals surface area contributed by atoms with Gasteiger partial charge in [-0.2, -0.15) is 0 Å². The van der Waals surface area contributed by atoms with Crippen LogP contribution in [0, 0.1) is 5.92 Å². The third-order valence-electron chi connectivity index (χ3n) is 6.17. The summed E-state index contributed by atoms with van der Waals surface area (Å²) in [4.78, 5) is 20.2. The first-order valence-electron chi connectivity index (χ1n) is 11.6. The van der Waals surface area contributed by atoms with Crippen molar-refractivity contribution in [1.29, 1.82) is 0 Å². The number of benzene rings is 2. The van der Waals surface area contributed by atoms with Crippen molar-refractivity contribution < 1.29 is 4.79 Å². The van der Waals surface area contributed by atoms with E-state index >= 15 is 0 Å². The van der Waals surface area contributed by atoms with Gasteiger partial charge in [0.15, 0.2) is 0 Å². The Morgan fingerprint density at radius 2 is 1.65 bits per heavy atom. The Balaban J connectivity index is 1.74. The number of nitrogens with zero attached hydrogens (tertiary/aromatic N) is 3. The molecule has 0 saturated carbocycles. The summed E-state index contributed by atoms with van der Waals surface area (Å²) >= 11 is 0. The third-order valence-corrected chi connectivity index (χ3v) is 6.17. The van der Waals surface area contributed by atoms with E-state index in [0.717, 1.165) is 29.2 Å². The van der Waals surface area contributed by atoms with Crippen molar-refractivity contribution in [3.63, 3.8) is 0 Å². The molecule has 1 unspecified atom stereocenters. The Kier molecular flexibility index (Phi) is 7.90. The van der Waals surface area contributed by atoms with Gasteiger partial charge >= 0.3 is 0 Å². The van der Waals surface area contributed by atoms with Crippen molar-refractivity contribution in [2.24, 2.45) is 5.92 Å². The molecule has 1 aliphatic heterocycles. The molecule has 0 bridgehead atoms. The minimum absolute atomic E-state index is 0.105. The molecule has 1 heterocycles. The van der Waals surface area contributed by atoms with E-state index < -0.39 is 0 Å². The highest BCUT2D eigenvalue weighted by molar-refractivity contribution is 6.01. The van der Waals surface area contributed by atoms with E-state index in [9.17, 15) is 4.79 Å². The first kappa shape index (κ1) is 23.5. The Labute approximate surface area is 188 Å². The van der Waals surface area contributed by atoms with Gasteiger partial charge in [0.25, 0.3) is 5.91 Å². The number of carbonyl (C=O) groups is 1. The lowest BCUT2D eigenvalue weighted by Gasteiger charge is -2.31. The molecule has 3 rings (SSSR count). The molecular formula is C27H39N3O. The van der Waals surface area contributed by atoms with Crippen LogP contribution in [0.1, 0.15) is 50.0 Å². The fourth-order valence-corrected chi connectivity index (χ4v) is 4.90. The van der Waals surface area contributed by atoms with Gasteiger partial charge in [0.05, 0.1) is 0 Å². The second kappa shape index (κ2) is 10.4. The smallest absolute Gasteiger partial charge is 0.254 e. The maximum Gasteiger partial charge on any atom is 0.254 e. The zero-order chi connectivity index (χ0) is 22.5. The molecular weight excluding hydrogens is 382 g/mol. The van der Waals surface area contributed by atoms with Crippen LogP contribution < -0.4 is 0 Å². The lowest BCUT2D eigenvalue weighted by Crippen LogP contribution is -2.42. The topological polar surface area (TPSA) is 26.8 Å². The number of carbonyl (C=O) groups excluding carboxylic acids is 1. The Morgan fingerprint density at radius 3 is 2.26 bits per heavy atom. The van der Waals surface area contributed by atoms with E-state index in [4.69, 9.17) is 0 Å². The van der Waals surface area contributed by atoms with Gasteiger partial charge in [-0.25, -0.2) is 0 Å². The van der Waals surface area contributed by atoms with Gasteiger partial charge in [-0.15, -0.1) is 0 Å². The van der Waals surface area contributed by atoms with Crippen molar-refractivity contribution in [2.45, 2.75) is 52.7 Å². The first-order chi connectivity index (χ1) is 14.8. The van der Waals surface area contributed by atoms with Crippen molar-refractivity contribution >= 4 is 5.91 Å². The van der Waals surface area contributed by atoms with Gasteiger partial charge in [-0.05, 0) is 83.4 Å². The fraction of sp³-hybridized carbons (Fsp3) is 0.519. The highest BCUT2D eigenvalue weighted by Crippen LogP contribution is 2.27. The van der Waals surface area contributed by atoms with Crippen LogP contribution in [0.4, 0.5) is 0 Å². The maximum atomic E-state index is 13.3. The van der Waals surface area contributed by atoms with Crippen molar-refractivity contribution in [3.05, 3.63) is 59.7 Å². The summed E-state index contributed by atoms with van der Waals surface area (Å²) in [5.74, 6) is 0.880. The van der Waals surface area contributed by atoms with E-state index in [1.807, 2.05) is 23.1 Å². The molecule has 31 heavy (non-hydrogen) atoms. The lowest BCUT2D eigenvalue weighted by molar-refractivity contribution is 0.0644. The van der Waals surface area contributed by atoms with Gasteiger partial charge in [0, 0.05) is 37.3 Å². The van der Waals surface area contributed by atoms with Crippen LogP contribution in [-0.4, -0.2) is 66.4 Å². The number of hydrogen-bond donors (Lipinski definition) is 0. The summed E-state index contributed by atoms with van der Waals surface area (Å²) in [6, 6.07) is 17.1. The molecule has 2 aromatic rings. The van der Waals surface area contributed by atoms with Gasteiger partial charge < -0.3 is 9.80 Å². The Bertz CT molecular complexity index is 849. The van der Waals surface area contributed by atoms with E-state index in [0.29, 0.717) is 0 Å². The molecule has 1 atom stereocenters. The van der Waals surface area contributed by atoms with Crippen molar-refractivity contribution in [1.82, 2.24) is 14.7 Å². The predicted octanol–water partition coefficient (Wildman–Crippen LogP) is 5.00. The summed E-state index contributed by atoms with van der Waals surface area (Å²) in [7, 11) is 4.32. The lowest BCUT2D eigenvalue weighted by atomic mass is 9.97. The molecule has 0 aromatic heterocycles. The number of amides is 1. The second-order valence-corrected chi connectivity index (χ2v) is 9.79. The molecule has 0 aliphatic carbocycles. The van der Waals surface area contributed by atoms with E-state index in [1.54, 1.807) is 0 Å². The molecule has 0 radical (unpaired) electrons. The quantitative estimate of drug-likeness (QED) is 0.600. The highest BCUT2D eigenvalue weighted by atomic mass is 16.2. The summed E-state index contributed by atoms with van der Waals surface area (Å²) in [6.07, 6.45) is 1.29.